The van der Waals surface area contributed by atoms with Gasteiger partial charge in [0.05, 0.1) is 26.1 Å². The van der Waals surface area contributed by atoms with Crippen molar-refractivity contribution in [3.63, 3.8) is 0 Å². The second-order valence-electron chi connectivity index (χ2n) is 3.90. The third-order valence-corrected chi connectivity index (χ3v) is 2.34. The molecule has 0 atom stereocenters. The van der Waals surface area contributed by atoms with Crippen molar-refractivity contribution >= 4 is 12.2 Å². The number of ether oxygens (including phenoxy) is 2. The summed E-state index contributed by atoms with van der Waals surface area (Å²) in [6.07, 6.45) is 3.05. The van der Waals surface area contributed by atoms with Crippen LogP contribution in [0.2, 0.25) is 0 Å². The smallest absolute Gasteiger partial charge is 0.355 e. The summed E-state index contributed by atoms with van der Waals surface area (Å²) in [5.74, 6) is 0.223. The average Bonchev–Trinajstić information content (AvgIpc) is 2.45. The minimum absolute atomic E-state index is 0.00114. The molecule has 108 valence electrons. The lowest BCUT2D eigenvalue weighted by Crippen LogP contribution is -2.18. The third-order valence-electron chi connectivity index (χ3n) is 2.34. The van der Waals surface area contributed by atoms with E-state index in [0.717, 1.165) is 11.3 Å². The minimum atomic E-state index is -0.556. The Morgan fingerprint density at radius 3 is 2.60 bits per heavy atom. The zero-order chi connectivity index (χ0) is 15.0. The summed E-state index contributed by atoms with van der Waals surface area (Å²) in [7, 11) is 3.28. The van der Waals surface area contributed by atoms with E-state index in [1.807, 2.05) is 24.3 Å². The van der Waals surface area contributed by atoms with E-state index in [9.17, 15) is 4.79 Å². The monoisotopic (exact) mass is 277 g/mol. The molecule has 0 aliphatic heterocycles. The molecule has 1 aromatic carbocycles. The fourth-order valence-corrected chi connectivity index (χ4v) is 1.35. The van der Waals surface area contributed by atoms with E-state index in [1.54, 1.807) is 27.3 Å². The minimum Gasteiger partial charge on any atom is -0.497 e. The van der Waals surface area contributed by atoms with E-state index in [2.05, 4.69) is 5.10 Å². The Morgan fingerprint density at radius 1 is 1.40 bits per heavy atom. The molecule has 0 amide bonds. The van der Waals surface area contributed by atoms with Crippen molar-refractivity contribution in [2.45, 2.75) is 6.92 Å². The number of hydrazone groups is 1. The highest BCUT2D eigenvalue weighted by Crippen LogP contribution is 2.09. The van der Waals surface area contributed by atoms with Crippen LogP contribution in [0, 0.1) is 0 Å². The molecule has 0 saturated carbocycles. The van der Waals surface area contributed by atoms with E-state index in [0.29, 0.717) is 0 Å². The standard InChI is InChI=1S/C14H19N3O3/c1-4-20-14(18)13(15)10-17(2)16-9-11-5-7-12(19-3)8-6-11/h5-10H,4,15H2,1-3H3/b13-10-,16-9+. The van der Waals surface area contributed by atoms with Gasteiger partial charge in [-0.05, 0) is 36.8 Å². The van der Waals surface area contributed by atoms with Crippen LogP contribution in [-0.4, -0.2) is 38.0 Å². The topological polar surface area (TPSA) is 77.2 Å². The first-order chi connectivity index (χ1) is 9.56. The van der Waals surface area contributed by atoms with Crippen molar-refractivity contribution < 1.29 is 14.3 Å². The molecule has 1 aromatic rings. The predicted molar refractivity (Wildman–Crippen MR) is 77.3 cm³/mol. The quantitative estimate of drug-likeness (QED) is 0.367. The zero-order valence-electron chi connectivity index (χ0n) is 11.9. The molecule has 0 radical (unpaired) electrons. The van der Waals surface area contributed by atoms with Crippen molar-refractivity contribution in [2.75, 3.05) is 20.8 Å². The molecule has 0 aromatic heterocycles. The number of carbonyl (C=O) groups excluding carboxylic acids is 1. The van der Waals surface area contributed by atoms with E-state index in [1.165, 1.54) is 11.2 Å². The van der Waals surface area contributed by atoms with Crippen LogP contribution in [0.5, 0.6) is 5.75 Å². The number of nitrogens with zero attached hydrogens (tertiary/aromatic N) is 2. The fourth-order valence-electron chi connectivity index (χ4n) is 1.35. The normalized spacial score (nSPS) is 11.4. The Balaban J connectivity index is 2.64. The first-order valence-corrected chi connectivity index (χ1v) is 6.12. The summed E-state index contributed by atoms with van der Waals surface area (Å²) in [4.78, 5) is 11.3. The largest absolute Gasteiger partial charge is 0.497 e. The highest BCUT2D eigenvalue weighted by molar-refractivity contribution is 5.87. The molecule has 0 aliphatic carbocycles. The first kappa shape index (κ1) is 15.6. The molecule has 0 fully saturated rings. The van der Waals surface area contributed by atoms with Crippen molar-refractivity contribution in [3.05, 3.63) is 41.7 Å². The Labute approximate surface area is 118 Å². The molecule has 0 aliphatic rings. The van der Waals surface area contributed by atoms with Crippen LogP contribution < -0.4 is 10.5 Å². The maximum absolute atomic E-state index is 11.3. The number of rotatable bonds is 6. The number of methoxy groups -OCH3 is 1. The van der Waals surface area contributed by atoms with Crippen LogP contribution in [-0.2, 0) is 9.53 Å². The van der Waals surface area contributed by atoms with E-state index < -0.39 is 5.97 Å². The second kappa shape index (κ2) is 7.83. The van der Waals surface area contributed by atoms with Gasteiger partial charge in [-0.1, -0.05) is 0 Å². The number of benzene rings is 1. The molecular weight excluding hydrogens is 258 g/mol. The van der Waals surface area contributed by atoms with Crippen LogP contribution in [0.1, 0.15) is 12.5 Å². The Bertz CT molecular complexity index is 495. The number of esters is 1. The van der Waals surface area contributed by atoms with E-state index in [-0.39, 0.29) is 12.3 Å². The van der Waals surface area contributed by atoms with E-state index in [4.69, 9.17) is 15.2 Å². The highest BCUT2D eigenvalue weighted by atomic mass is 16.5. The Kier molecular flexibility index (Phi) is 6.09. The Hall–Kier alpha value is -2.50. The maximum atomic E-state index is 11.3. The van der Waals surface area contributed by atoms with Crippen LogP contribution in [0.3, 0.4) is 0 Å². The van der Waals surface area contributed by atoms with Gasteiger partial charge in [0.1, 0.15) is 11.4 Å². The molecule has 0 saturated heterocycles. The molecule has 6 nitrogen and oxygen atoms in total. The van der Waals surface area contributed by atoms with Crippen LogP contribution in [0.4, 0.5) is 0 Å². The van der Waals surface area contributed by atoms with Gasteiger partial charge in [0.2, 0.25) is 0 Å². The van der Waals surface area contributed by atoms with Crippen LogP contribution in [0.15, 0.2) is 41.3 Å². The number of carbonyl (C=O) groups is 1. The summed E-state index contributed by atoms with van der Waals surface area (Å²) in [6, 6.07) is 7.41. The maximum Gasteiger partial charge on any atom is 0.355 e. The predicted octanol–water partition coefficient (Wildman–Crippen LogP) is 1.32. The van der Waals surface area contributed by atoms with Gasteiger partial charge in [0.25, 0.3) is 0 Å². The van der Waals surface area contributed by atoms with Gasteiger partial charge in [-0.2, -0.15) is 5.10 Å². The SMILES string of the molecule is CCOC(=O)/C(N)=C/N(C)/N=C/c1ccc(OC)cc1. The number of hydrogen-bond donors (Lipinski definition) is 1. The van der Waals surface area contributed by atoms with Crippen LogP contribution >= 0.6 is 0 Å². The first-order valence-electron chi connectivity index (χ1n) is 6.12. The van der Waals surface area contributed by atoms with Crippen molar-refractivity contribution in [1.82, 2.24) is 5.01 Å². The van der Waals surface area contributed by atoms with Gasteiger partial charge in [0, 0.05) is 7.05 Å². The molecule has 1 rings (SSSR count). The number of hydrogen-bond acceptors (Lipinski definition) is 6. The molecule has 0 unspecified atom stereocenters. The summed E-state index contributed by atoms with van der Waals surface area (Å²) in [5, 5.41) is 5.58. The highest BCUT2D eigenvalue weighted by Gasteiger charge is 2.05. The fraction of sp³-hybridized carbons (Fsp3) is 0.286. The number of nitrogens with two attached hydrogens (primary N) is 1. The van der Waals surface area contributed by atoms with Crippen molar-refractivity contribution in [3.8, 4) is 5.75 Å². The van der Waals surface area contributed by atoms with Gasteiger partial charge in [-0.15, -0.1) is 0 Å². The summed E-state index contributed by atoms with van der Waals surface area (Å²) in [5.41, 5.74) is 6.47. The van der Waals surface area contributed by atoms with Gasteiger partial charge in [-0.3, -0.25) is 5.01 Å². The summed E-state index contributed by atoms with van der Waals surface area (Å²) >= 11 is 0. The summed E-state index contributed by atoms with van der Waals surface area (Å²) in [6.45, 7) is 2.00. The molecule has 0 heterocycles. The van der Waals surface area contributed by atoms with Crippen molar-refractivity contribution in [2.24, 2.45) is 10.8 Å². The Morgan fingerprint density at radius 2 is 2.05 bits per heavy atom. The van der Waals surface area contributed by atoms with Gasteiger partial charge in [-0.25, -0.2) is 4.79 Å². The summed E-state index contributed by atoms with van der Waals surface area (Å²) < 4.78 is 9.83. The average molecular weight is 277 g/mol. The molecule has 0 bridgehead atoms. The molecule has 2 N–H and O–H groups in total. The molecular formula is C14H19N3O3. The second-order valence-corrected chi connectivity index (χ2v) is 3.90. The van der Waals surface area contributed by atoms with Gasteiger partial charge in [0.15, 0.2) is 0 Å². The lowest BCUT2D eigenvalue weighted by atomic mass is 10.2. The van der Waals surface area contributed by atoms with Gasteiger partial charge < -0.3 is 15.2 Å². The lowest BCUT2D eigenvalue weighted by Gasteiger charge is -2.08. The molecule has 6 heteroatoms. The third kappa shape index (κ3) is 5.01. The zero-order valence-corrected chi connectivity index (χ0v) is 11.9. The van der Waals surface area contributed by atoms with Crippen molar-refractivity contribution in [1.29, 1.82) is 0 Å². The molecule has 20 heavy (non-hydrogen) atoms. The van der Waals surface area contributed by atoms with Gasteiger partial charge >= 0.3 is 5.97 Å². The molecule has 0 spiro atoms. The lowest BCUT2D eigenvalue weighted by molar-refractivity contribution is -0.138. The van der Waals surface area contributed by atoms with E-state index >= 15 is 0 Å². The van der Waals surface area contributed by atoms with Crippen LogP contribution in [0.25, 0.3) is 0 Å².